The van der Waals surface area contributed by atoms with Crippen molar-refractivity contribution in [3.05, 3.63) is 56.2 Å². The van der Waals surface area contributed by atoms with E-state index in [4.69, 9.17) is 4.74 Å². The van der Waals surface area contributed by atoms with E-state index in [-0.39, 0.29) is 41.9 Å². The summed E-state index contributed by atoms with van der Waals surface area (Å²) < 4.78 is 6.75. The lowest BCUT2D eigenvalue weighted by molar-refractivity contribution is -0.132. The van der Waals surface area contributed by atoms with Crippen molar-refractivity contribution in [2.75, 3.05) is 7.11 Å². The Labute approximate surface area is 185 Å². The third kappa shape index (κ3) is 3.83. The van der Waals surface area contributed by atoms with E-state index in [2.05, 4.69) is 10.1 Å². The number of aromatic nitrogens is 2. The molecule has 1 fully saturated rings. The van der Waals surface area contributed by atoms with Gasteiger partial charge in [-0.2, -0.15) is 5.10 Å². The molecule has 1 aromatic carbocycles. The van der Waals surface area contributed by atoms with Crippen molar-refractivity contribution >= 4 is 11.6 Å². The number of para-hydroxylation sites is 1. The first kappa shape index (κ1) is 21.9. The van der Waals surface area contributed by atoms with Gasteiger partial charge >= 0.3 is 5.69 Å². The van der Waals surface area contributed by atoms with Gasteiger partial charge in [0.2, 0.25) is 11.8 Å². The molecule has 32 heavy (non-hydrogen) atoms. The van der Waals surface area contributed by atoms with Crippen molar-refractivity contribution in [3.8, 4) is 11.6 Å². The number of H-pyrrole nitrogens is 1. The predicted octanol–water partition coefficient (Wildman–Crippen LogP) is 2.84. The van der Waals surface area contributed by atoms with Gasteiger partial charge in [0.1, 0.15) is 11.3 Å². The van der Waals surface area contributed by atoms with Gasteiger partial charge in [-0.05, 0) is 18.9 Å². The van der Waals surface area contributed by atoms with Crippen LogP contribution >= 0.6 is 0 Å². The maximum Gasteiger partial charge on any atom is 0.331 e. The molecular weight excluding hydrogens is 412 g/mol. The number of nitrogens with zero attached hydrogens (tertiary/aromatic N) is 3. The molecule has 2 heterocycles. The summed E-state index contributed by atoms with van der Waals surface area (Å²) in [5.41, 5.74) is -0.355. The summed E-state index contributed by atoms with van der Waals surface area (Å²) in [7, 11) is 1.55. The fourth-order valence-corrected chi connectivity index (χ4v) is 4.71. The summed E-state index contributed by atoms with van der Waals surface area (Å²) in [5.74, 6) is 0.00885. The second-order valence-corrected chi connectivity index (χ2v) is 8.22. The van der Waals surface area contributed by atoms with E-state index in [9.17, 15) is 19.5 Å². The van der Waals surface area contributed by atoms with Crippen molar-refractivity contribution < 1.29 is 14.6 Å². The van der Waals surface area contributed by atoms with Gasteiger partial charge in [-0.25, -0.2) is 9.80 Å². The SMILES string of the molecule is CCC(=O)N1N=C(c2c(O)n(C3CCCCC3)c(=O)[nH]c2=O)C[C@H]1c1ccccc1OC. The van der Waals surface area contributed by atoms with Crippen LogP contribution in [-0.2, 0) is 4.79 Å². The Kier molecular flexibility index (Phi) is 6.16. The van der Waals surface area contributed by atoms with Crippen LogP contribution in [0.3, 0.4) is 0 Å². The number of hydrogen-bond acceptors (Lipinski definition) is 6. The molecule has 0 bridgehead atoms. The number of ether oxygens (including phenoxy) is 1. The molecule has 0 spiro atoms. The lowest BCUT2D eigenvalue weighted by Gasteiger charge is -2.25. The van der Waals surface area contributed by atoms with E-state index in [0.717, 1.165) is 37.7 Å². The fraction of sp³-hybridized carbons (Fsp3) is 0.478. The van der Waals surface area contributed by atoms with Gasteiger partial charge in [-0.15, -0.1) is 0 Å². The van der Waals surface area contributed by atoms with Crippen LogP contribution in [0.2, 0.25) is 0 Å². The zero-order valence-electron chi connectivity index (χ0n) is 18.3. The number of nitrogens with one attached hydrogen (secondary N) is 1. The van der Waals surface area contributed by atoms with E-state index in [1.54, 1.807) is 20.1 Å². The molecule has 2 N–H and O–H groups in total. The molecule has 1 aromatic heterocycles. The number of hydrazone groups is 1. The molecule has 0 saturated heterocycles. The van der Waals surface area contributed by atoms with Gasteiger partial charge in [0.05, 0.1) is 18.9 Å². The molecule has 1 amide bonds. The van der Waals surface area contributed by atoms with E-state index < -0.39 is 17.3 Å². The van der Waals surface area contributed by atoms with Gasteiger partial charge in [0.15, 0.2) is 0 Å². The topological polar surface area (TPSA) is 117 Å². The molecule has 0 radical (unpaired) electrons. The van der Waals surface area contributed by atoms with Crippen LogP contribution in [0.4, 0.5) is 0 Å². The minimum absolute atomic E-state index is 0.0542. The van der Waals surface area contributed by atoms with E-state index in [1.165, 1.54) is 9.58 Å². The molecule has 1 aliphatic carbocycles. The van der Waals surface area contributed by atoms with E-state index in [0.29, 0.717) is 5.75 Å². The number of carbonyl (C=O) groups excluding carboxylic acids is 1. The van der Waals surface area contributed by atoms with Gasteiger partial charge < -0.3 is 9.84 Å². The molecule has 0 unspecified atom stereocenters. The van der Waals surface area contributed by atoms with Crippen molar-refractivity contribution in [2.45, 2.75) is 64.0 Å². The predicted molar refractivity (Wildman–Crippen MR) is 119 cm³/mol. The van der Waals surface area contributed by atoms with Crippen LogP contribution in [0, 0.1) is 0 Å². The largest absolute Gasteiger partial charge is 0.496 e. The Hall–Kier alpha value is -3.36. The Bertz CT molecular complexity index is 1160. The number of aromatic hydroxyl groups is 1. The molecule has 4 rings (SSSR count). The van der Waals surface area contributed by atoms with E-state index in [1.807, 2.05) is 18.2 Å². The molecule has 2 aromatic rings. The van der Waals surface area contributed by atoms with Crippen LogP contribution < -0.4 is 16.0 Å². The second-order valence-electron chi connectivity index (χ2n) is 8.22. The maximum absolute atomic E-state index is 12.8. The number of rotatable bonds is 5. The number of carbonyl (C=O) groups is 1. The number of hydrogen-bond donors (Lipinski definition) is 2. The Balaban J connectivity index is 1.80. The van der Waals surface area contributed by atoms with Crippen LogP contribution in [0.5, 0.6) is 11.6 Å². The Morgan fingerprint density at radius 1 is 1.22 bits per heavy atom. The van der Waals surface area contributed by atoms with E-state index >= 15 is 0 Å². The lowest BCUT2D eigenvalue weighted by Crippen LogP contribution is -2.36. The zero-order valence-corrected chi connectivity index (χ0v) is 18.3. The van der Waals surface area contributed by atoms with Crippen molar-refractivity contribution in [3.63, 3.8) is 0 Å². The zero-order chi connectivity index (χ0) is 22.8. The monoisotopic (exact) mass is 440 g/mol. The fourth-order valence-electron chi connectivity index (χ4n) is 4.71. The van der Waals surface area contributed by atoms with Gasteiger partial charge in [0, 0.05) is 24.4 Å². The minimum atomic E-state index is -0.706. The summed E-state index contributed by atoms with van der Waals surface area (Å²) in [6.07, 6.45) is 4.97. The summed E-state index contributed by atoms with van der Waals surface area (Å²) in [4.78, 5) is 40.3. The Morgan fingerprint density at radius 3 is 2.62 bits per heavy atom. The molecule has 1 atom stereocenters. The highest BCUT2D eigenvalue weighted by Crippen LogP contribution is 2.38. The standard InChI is InChI=1S/C23H28N4O5/c1-3-19(28)27-17(15-11-7-8-12-18(15)32-2)13-16(25-27)20-21(29)24-23(31)26(22(20)30)14-9-5-4-6-10-14/h7-8,11-12,14,17,30H,3-6,9-10,13H2,1-2H3,(H,24,29,31)/t17-/m0/s1. The van der Waals surface area contributed by atoms with Gasteiger partial charge in [-0.1, -0.05) is 44.4 Å². The number of aromatic amines is 1. The first-order valence-corrected chi connectivity index (χ1v) is 11.1. The smallest absolute Gasteiger partial charge is 0.331 e. The summed E-state index contributed by atoms with van der Waals surface area (Å²) in [5, 5.41) is 16.8. The van der Waals surface area contributed by atoms with Crippen LogP contribution in [0.15, 0.2) is 39.0 Å². The summed E-state index contributed by atoms with van der Waals surface area (Å²) in [6.45, 7) is 1.74. The molecular formula is C23H28N4O5. The van der Waals surface area contributed by atoms with Crippen LogP contribution in [0.25, 0.3) is 0 Å². The third-order valence-corrected chi connectivity index (χ3v) is 6.31. The molecule has 1 aliphatic heterocycles. The summed E-state index contributed by atoms with van der Waals surface area (Å²) in [6, 6.07) is 6.68. The molecule has 2 aliphatic rings. The third-order valence-electron chi connectivity index (χ3n) is 6.31. The second kappa shape index (κ2) is 9.02. The van der Waals surface area contributed by atoms with Gasteiger partial charge in [0.25, 0.3) is 5.56 Å². The maximum atomic E-state index is 12.8. The first-order chi connectivity index (χ1) is 15.5. The molecule has 9 nitrogen and oxygen atoms in total. The number of benzene rings is 1. The van der Waals surface area contributed by atoms with Crippen molar-refractivity contribution in [1.29, 1.82) is 0 Å². The van der Waals surface area contributed by atoms with Crippen LogP contribution in [-0.4, -0.2) is 38.4 Å². The number of methoxy groups -OCH3 is 1. The number of amides is 1. The average molecular weight is 441 g/mol. The summed E-state index contributed by atoms with van der Waals surface area (Å²) >= 11 is 0. The normalized spacial score (nSPS) is 19.1. The molecule has 170 valence electrons. The average Bonchev–Trinajstić information content (AvgIpc) is 3.23. The first-order valence-electron chi connectivity index (χ1n) is 11.1. The van der Waals surface area contributed by atoms with Crippen molar-refractivity contribution in [2.24, 2.45) is 5.10 Å². The van der Waals surface area contributed by atoms with Gasteiger partial charge in [-0.3, -0.25) is 19.1 Å². The molecule has 1 saturated carbocycles. The Morgan fingerprint density at radius 2 is 1.94 bits per heavy atom. The van der Waals surface area contributed by atoms with Crippen molar-refractivity contribution in [1.82, 2.24) is 14.6 Å². The van der Waals surface area contributed by atoms with Crippen LogP contribution in [0.1, 0.15) is 75.1 Å². The molecule has 9 heteroatoms. The lowest BCUT2D eigenvalue weighted by atomic mass is 9.94. The quantitative estimate of drug-likeness (QED) is 0.741. The highest BCUT2D eigenvalue weighted by atomic mass is 16.5. The minimum Gasteiger partial charge on any atom is -0.496 e. The highest BCUT2D eigenvalue weighted by Gasteiger charge is 2.37. The highest BCUT2D eigenvalue weighted by molar-refractivity contribution is 6.04.